The van der Waals surface area contributed by atoms with Crippen LogP contribution >= 0.6 is 0 Å². The Morgan fingerprint density at radius 1 is 0.633 bits per heavy atom. The van der Waals surface area contributed by atoms with E-state index >= 15 is 0 Å². The molecule has 1 aliphatic heterocycles. The summed E-state index contributed by atoms with van der Waals surface area (Å²) in [6.45, 7) is 23.9. The van der Waals surface area contributed by atoms with Crippen LogP contribution in [0.1, 0.15) is 62.3 Å². The molecular weight excluding hydrogens is 603 g/mol. The van der Waals surface area contributed by atoms with Crippen molar-refractivity contribution in [1.82, 2.24) is 14.7 Å². The van der Waals surface area contributed by atoms with Crippen LogP contribution < -0.4 is 0 Å². The molecule has 1 rings (SSSR count). The third kappa shape index (κ3) is 13.5. The molecule has 1 saturated heterocycles. The van der Waals surface area contributed by atoms with Crippen LogP contribution in [0.2, 0.25) is 0 Å². The number of rotatable bonds is 0. The van der Waals surface area contributed by atoms with Gasteiger partial charge in [-0.3, -0.25) is 19.3 Å². The van der Waals surface area contributed by atoms with Gasteiger partial charge in [0.25, 0.3) is 0 Å². The zero-order valence-corrected chi connectivity index (χ0v) is 22.7. The van der Waals surface area contributed by atoms with Gasteiger partial charge < -0.3 is 16.4 Å². The van der Waals surface area contributed by atoms with Crippen molar-refractivity contribution >= 4 is 10.1 Å². The summed E-state index contributed by atoms with van der Waals surface area (Å²) in [5, 5.41) is 0. The van der Waals surface area contributed by atoms with E-state index in [0.29, 0.717) is 0 Å². The molecule has 1 fully saturated rings. The molecule has 1 N–H and O–H groups in total. The molecule has 0 bridgehead atoms. The van der Waals surface area contributed by atoms with Crippen LogP contribution in [0, 0.1) is 0 Å². The Bertz CT molecular complexity index is 519. The smallest absolute Gasteiger partial charge is 0.522 e. The van der Waals surface area contributed by atoms with Crippen molar-refractivity contribution in [1.29, 1.82) is 0 Å². The number of halogens is 3. The Hall–Kier alpha value is 0.148. The Morgan fingerprint density at radius 2 is 0.767 bits per heavy atom. The third-order valence-corrected chi connectivity index (χ3v) is 4.75. The van der Waals surface area contributed by atoms with Crippen LogP contribution in [0.25, 0.3) is 0 Å². The van der Waals surface area contributed by atoms with E-state index < -0.39 is 15.6 Å². The van der Waals surface area contributed by atoms with E-state index in [1.165, 1.54) is 0 Å². The molecule has 0 aromatic carbocycles. The molecule has 0 saturated carbocycles. The number of nitrogens with zero attached hydrogens (tertiary/aromatic N) is 3. The predicted molar refractivity (Wildman–Crippen MR) is 99.0 cm³/mol. The first-order chi connectivity index (χ1) is 11.1. The second-order valence-electron chi connectivity index (χ2n) is 9.48. The minimum atomic E-state index is -5.84. The zero-order valence-electron chi connectivity index (χ0n) is 18.9. The fourth-order valence-corrected chi connectivity index (χ4v) is 2.03. The van der Waals surface area contributed by atoms with Crippen LogP contribution in [0.5, 0.6) is 0 Å². The van der Waals surface area contributed by atoms with E-state index in [-0.39, 0.29) is 54.1 Å². The summed E-state index contributed by atoms with van der Waals surface area (Å²) >= 11 is 0. The Balaban J connectivity index is -0.000000152. The molecule has 0 atom stereocenters. The van der Waals surface area contributed by atoms with Gasteiger partial charge in [0, 0.05) is 37.7 Å². The van der Waals surface area contributed by atoms with Crippen LogP contribution in [0.15, 0.2) is 0 Å². The molecule has 1 aliphatic rings. The van der Waals surface area contributed by atoms with Gasteiger partial charge in [0.05, 0.1) is 20.0 Å². The van der Waals surface area contributed by atoms with E-state index in [4.69, 9.17) is 13.0 Å². The molecular formula is C16H34F3N3O6SW-6. The molecule has 0 spiro atoms. The van der Waals surface area contributed by atoms with E-state index in [1.54, 1.807) is 0 Å². The van der Waals surface area contributed by atoms with Crippen LogP contribution in [-0.2, 0) is 47.6 Å². The minimum absolute atomic E-state index is 0. The molecule has 188 valence electrons. The van der Waals surface area contributed by atoms with Crippen molar-refractivity contribution in [3.05, 3.63) is 0 Å². The normalized spacial score (nSPS) is 17.2. The topological polar surface area (TPSA) is 150 Å². The summed E-state index contributed by atoms with van der Waals surface area (Å²) < 4.78 is 57.5. The standard InChI is InChI=1S/C15H33N3.CHF3O3S.3O.W/c1-13(2,3)16-10-17(14(4,5)6)12-18(11-16)15(7,8)9;2-1(3,4)8(5,6)7;;;;/h10-12H2,1-9H3;(H,5,6,7);;;;/q;;3*-2;. The van der Waals surface area contributed by atoms with Crippen LogP contribution in [0.4, 0.5) is 13.2 Å². The molecule has 0 unspecified atom stereocenters. The van der Waals surface area contributed by atoms with Gasteiger partial charge in [-0.25, -0.2) is 0 Å². The average molecular weight is 637 g/mol. The zero-order chi connectivity index (χ0) is 21.4. The molecule has 0 radical (unpaired) electrons. The first-order valence-electron chi connectivity index (χ1n) is 8.36. The second-order valence-corrected chi connectivity index (χ2v) is 10.9. The maximum Gasteiger partial charge on any atom is 0.522 e. The number of hydrogen-bond acceptors (Lipinski definition) is 5. The van der Waals surface area contributed by atoms with Gasteiger partial charge >= 0.3 is 15.6 Å². The Kier molecular flexibility index (Phi) is 17.6. The van der Waals surface area contributed by atoms with Gasteiger partial charge in [-0.05, 0) is 62.3 Å². The van der Waals surface area contributed by atoms with Crippen molar-refractivity contribution < 1.29 is 63.6 Å². The van der Waals surface area contributed by atoms with Gasteiger partial charge in [0.2, 0.25) is 0 Å². The van der Waals surface area contributed by atoms with E-state index in [9.17, 15) is 13.2 Å². The fraction of sp³-hybridized carbons (Fsp3) is 1.00. The summed E-state index contributed by atoms with van der Waals surface area (Å²) in [5.74, 6) is 0. The molecule has 14 heteroatoms. The first kappa shape index (κ1) is 40.5. The van der Waals surface area contributed by atoms with E-state index in [2.05, 4.69) is 77.0 Å². The second kappa shape index (κ2) is 13.0. The Labute approximate surface area is 192 Å². The SMILES string of the molecule is CC(C)(C)N1CN(C(C)(C)C)CN(C(C)(C)C)C1.O=S(=O)(O)C(F)(F)F.[O-2].[O-2].[O-2].[W]. The van der Waals surface area contributed by atoms with Crippen LogP contribution in [0.3, 0.4) is 0 Å². The first-order valence-corrected chi connectivity index (χ1v) is 9.80. The molecule has 0 aliphatic carbocycles. The molecule has 30 heavy (non-hydrogen) atoms. The van der Waals surface area contributed by atoms with Gasteiger partial charge in [0.1, 0.15) is 0 Å². The van der Waals surface area contributed by atoms with E-state index in [0.717, 1.165) is 20.0 Å². The molecule has 9 nitrogen and oxygen atoms in total. The maximum atomic E-state index is 10.7. The van der Waals surface area contributed by atoms with Crippen molar-refractivity contribution in [2.24, 2.45) is 0 Å². The summed E-state index contributed by atoms with van der Waals surface area (Å²) in [7, 11) is -5.84. The molecule has 0 amide bonds. The number of hydrogen-bond donors (Lipinski definition) is 1. The van der Waals surface area contributed by atoms with Crippen LogP contribution in [-0.4, -0.2) is 69.8 Å². The summed E-state index contributed by atoms with van der Waals surface area (Å²) in [5.41, 5.74) is -4.89. The molecule has 1 heterocycles. The molecule has 0 aromatic heterocycles. The minimum Gasteiger partial charge on any atom is -2.00 e. The van der Waals surface area contributed by atoms with Gasteiger partial charge in [0.15, 0.2) is 0 Å². The average Bonchev–Trinajstić information content (AvgIpc) is 2.33. The van der Waals surface area contributed by atoms with Crippen molar-refractivity contribution in [2.75, 3.05) is 20.0 Å². The van der Waals surface area contributed by atoms with Gasteiger partial charge in [-0.1, -0.05) is 0 Å². The quantitative estimate of drug-likeness (QED) is 0.319. The largest absolute Gasteiger partial charge is 2.00 e. The predicted octanol–water partition coefficient (Wildman–Crippen LogP) is 3.21. The number of alkyl halides is 3. The fourth-order valence-electron chi connectivity index (χ4n) is 2.03. The maximum absolute atomic E-state index is 10.7. The molecule has 0 aromatic rings. The third-order valence-electron chi connectivity index (χ3n) is 4.16. The van der Waals surface area contributed by atoms with Crippen molar-refractivity contribution in [3.8, 4) is 0 Å². The van der Waals surface area contributed by atoms with Crippen molar-refractivity contribution in [2.45, 2.75) is 84.4 Å². The summed E-state index contributed by atoms with van der Waals surface area (Å²) in [6, 6.07) is 0. The van der Waals surface area contributed by atoms with Gasteiger partial charge in [-0.15, -0.1) is 0 Å². The van der Waals surface area contributed by atoms with Crippen molar-refractivity contribution in [3.63, 3.8) is 0 Å². The van der Waals surface area contributed by atoms with E-state index in [1.807, 2.05) is 0 Å². The summed E-state index contributed by atoms with van der Waals surface area (Å²) in [4.78, 5) is 7.69. The van der Waals surface area contributed by atoms with Gasteiger partial charge in [-0.2, -0.15) is 21.6 Å². The monoisotopic (exact) mass is 637 g/mol. The summed E-state index contributed by atoms with van der Waals surface area (Å²) in [6.07, 6.45) is 0. The Morgan fingerprint density at radius 3 is 0.833 bits per heavy atom.